The zero-order chi connectivity index (χ0) is 11.8. The summed E-state index contributed by atoms with van der Waals surface area (Å²) in [6.07, 6.45) is 0.917. The van der Waals surface area contributed by atoms with E-state index in [1.165, 1.54) is 0 Å². The number of hydrogen-bond acceptors (Lipinski definition) is 4. The van der Waals surface area contributed by atoms with Crippen molar-refractivity contribution in [2.24, 2.45) is 0 Å². The van der Waals surface area contributed by atoms with Crippen LogP contribution in [0.15, 0.2) is 24.3 Å². The topological polar surface area (TPSA) is 76.1 Å². The Hall–Kier alpha value is -2.01. The normalized spacial score (nSPS) is 14.6. The summed E-state index contributed by atoms with van der Waals surface area (Å²) in [7, 11) is 0. The Balaban J connectivity index is 2.11. The fourth-order valence-electron chi connectivity index (χ4n) is 2.18. The molecule has 1 aromatic carbocycles. The number of hydrogen-bond donors (Lipinski definition) is 3. The Labute approximate surface area is 98.9 Å². The summed E-state index contributed by atoms with van der Waals surface area (Å²) in [5.74, 6) is 0.838. The Kier molecular flexibility index (Phi) is 2.26. The number of nitrogens with one attached hydrogen (secondary N) is 1. The first kappa shape index (κ1) is 10.2. The number of anilines is 1. The van der Waals surface area contributed by atoms with Gasteiger partial charge in [-0.15, -0.1) is 0 Å². The molecule has 0 aliphatic carbocycles. The number of nitrogens with two attached hydrogens (primary N) is 1. The summed E-state index contributed by atoms with van der Waals surface area (Å²) in [5.41, 5.74) is 9.08. The van der Waals surface area contributed by atoms with Gasteiger partial charge in [-0.05, 0) is 24.3 Å². The number of fused-ring (bicyclic) bond motifs is 1. The van der Waals surface area contributed by atoms with Crippen LogP contribution < -0.4 is 11.1 Å². The molecule has 0 fully saturated rings. The molecule has 88 valence electrons. The molecule has 5 nitrogen and oxygen atoms in total. The maximum absolute atomic E-state index is 9.28. The highest BCUT2D eigenvalue weighted by molar-refractivity contribution is 5.48. The third kappa shape index (κ3) is 1.64. The van der Waals surface area contributed by atoms with Crippen LogP contribution in [0.5, 0.6) is 5.75 Å². The van der Waals surface area contributed by atoms with E-state index in [0.29, 0.717) is 5.82 Å². The van der Waals surface area contributed by atoms with Gasteiger partial charge in [-0.2, -0.15) is 5.10 Å². The highest BCUT2D eigenvalue weighted by Gasteiger charge is 2.19. The number of phenols is 1. The third-order valence-corrected chi connectivity index (χ3v) is 3.06. The molecule has 0 saturated carbocycles. The van der Waals surface area contributed by atoms with Gasteiger partial charge in [0, 0.05) is 25.1 Å². The summed E-state index contributed by atoms with van der Waals surface area (Å²) < 4.78 is 1.87. The number of aromatic nitrogens is 2. The number of aromatic hydroxyl groups is 1. The first-order valence-electron chi connectivity index (χ1n) is 5.62. The number of rotatable bonds is 1. The van der Waals surface area contributed by atoms with Gasteiger partial charge >= 0.3 is 0 Å². The molecule has 0 unspecified atom stereocenters. The average molecular weight is 230 g/mol. The maximum Gasteiger partial charge on any atom is 0.150 e. The molecule has 3 rings (SSSR count). The summed E-state index contributed by atoms with van der Waals surface area (Å²) in [5, 5.41) is 16.9. The zero-order valence-corrected chi connectivity index (χ0v) is 9.35. The van der Waals surface area contributed by atoms with Crippen LogP contribution in [0, 0.1) is 0 Å². The SMILES string of the molecule is Nc1nn(-c2ccc(O)cc2)c2c1CNCC2. The first-order chi connectivity index (χ1) is 8.25. The lowest BCUT2D eigenvalue weighted by Crippen LogP contribution is -2.24. The molecule has 0 atom stereocenters. The Morgan fingerprint density at radius 1 is 1.29 bits per heavy atom. The fraction of sp³-hybridized carbons (Fsp3) is 0.250. The molecule has 4 N–H and O–H groups in total. The fourth-order valence-corrected chi connectivity index (χ4v) is 2.18. The van der Waals surface area contributed by atoms with Gasteiger partial charge in [0.1, 0.15) is 5.75 Å². The van der Waals surface area contributed by atoms with Gasteiger partial charge in [0.2, 0.25) is 0 Å². The van der Waals surface area contributed by atoms with Crippen molar-refractivity contribution < 1.29 is 5.11 Å². The van der Waals surface area contributed by atoms with E-state index in [9.17, 15) is 5.11 Å². The second kappa shape index (κ2) is 3.78. The Bertz CT molecular complexity index is 544. The third-order valence-electron chi connectivity index (χ3n) is 3.06. The Morgan fingerprint density at radius 3 is 2.82 bits per heavy atom. The van der Waals surface area contributed by atoms with E-state index in [0.717, 1.165) is 36.5 Å². The van der Waals surface area contributed by atoms with Gasteiger partial charge in [-0.25, -0.2) is 4.68 Å². The highest BCUT2D eigenvalue weighted by atomic mass is 16.3. The minimum absolute atomic E-state index is 0.254. The van der Waals surface area contributed by atoms with Gasteiger partial charge in [-0.3, -0.25) is 0 Å². The molecule has 1 aliphatic heterocycles. The van der Waals surface area contributed by atoms with Gasteiger partial charge in [-0.1, -0.05) is 0 Å². The van der Waals surface area contributed by atoms with Crippen molar-refractivity contribution >= 4 is 5.82 Å². The monoisotopic (exact) mass is 230 g/mol. The van der Waals surface area contributed by atoms with Crippen molar-refractivity contribution in [3.05, 3.63) is 35.5 Å². The molecule has 1 aliphatic rings. The van der Waals surface area contributed by atoms with Crippen LogP contribution in [-0.4, -0.2) is 21.4 Å². The molecule has 0 bridgehead atoms. The standard InChI is InChI=1S/C12H14N4O/c13-12-10-7-14-6-5-11(10)16(15-12)8-1-3-9(17)4-2-8/h1-4,14,17H,5-7H2,(H2,13,15). The molecule has 0 amide bonds. The molecular formula is C12H14N4O. The lowest BCUT2D eigenvalue weighted by molar-refractivity contribution is 0.475. The minimum atomic E-state index is 0.254. The molecule has 0 spiro atoms. The van der Waals surface area contributed by atoms with Gasteiger partial charge in [0.15, 0.2) is 5.82 Å². The second-order valence-electron chi connectivity index (χ2n) is 4.17. The van der Waals surface area contributed by atoms with Crippen LogP contribution >= 0.6 is 0 Å². The van der Waals surface area contributed by atoms with E-state index < -0.39 is 0 Å². The average Bonchev–Trinajstić information content (AvgIpc) is 2.69. The minimum Gasteiger partial charge on any atom is -0.508 e. The number of nitrogens with zero attached hydrogens (tertiary/aromatic N) is 2. The molecule has 1 aromatic heterocycles. The quantitative estimate of drug-likeness (QED) is 0.677. The number of nitrogen functional groups attached to an aromatic ring is 1. The predicted octanol–water partition coefficient (Wildman–Crippen LogP) is 0.806. The first-order valence-corrected chi connectivity index (χ1v) is 5.62. The summed E-state index contributed by atoms with van der Waals surface area (Å²) in [6, 6.07) is 6.98. The molecule has 17 heavy (non-hydrogen) atoms. The summed E-state index contributed by atoms with van der Waals surface area (Å²) in [6.45, 7) is 1.72. The van der Waals surface area contributed by atoms with E-state index in [-0.39, 0.29) is 5.75 Å². The highest BCUT2D eigenvalue weighted by Crippen LogP contribution is 2.24. The molecule has 0 radical (unpaired) electrons. The van der Waals surface area contributed by atoms with Crippen molar-refractivity contribution in [3.8, 4) is 11.4 Å². The van der Waals surface area contributed by atoms with Gasteiger partial charge in [0.05, 0.1) is 11.4 Å². The molecule has 0 saturated heterocycles. The van der Waals surface area contributed by atoms with Crippen molar-refractivity contribution in [2.75, 3.05) is 12.3 Å². The molecule has 2 heterocycles. The van der Waals surface area contributed by atoms with Gasteiger partial charge < -0.3 is 16.2 Å². The van der Waals surface area contributed by atoms with E-state index >= 15 is 0 Å². The van der Waals surface area contributed by atoms with Crippen molar-refractivity contribution in [3.63, 3.8) is 0 Å². The van der Waals surface area contributed by atoms with Crippen molar-refractivity contribution in [1.29, 1.82) is 0 Å². The second-order valence-corrected chi connectivity index (χ2v) is 4.17. The van der Waals surface area contributed by atoms with E-state index in [1.54, 1.807) is 12.1 Å². The lowest BCUT2D eigenvalue weighted by Gasteiger charge is -2.15. The number of phenolic OH excluding ortho intramolecular Hbond substituents is 1. The van der Waals surface area contributed by atoms with E-state index in [4.69, 9.17) is 5.73 Å². The zero-order valence-electron chi connectivity index (χ0n) is 9.35. The van der Waals surface area contributed by atoms with E-state index in [2.05, 4.69) is 10.4 Å². The van der Waals surface area contributed by atoms with Crippen LogP contribution in [0.4, 0.5) is 5.82 Å². The van der Waals surface area contributed by atoms with Crippen LogP contribution in [0.25, 0.3) is 5.69 Å². The summed E-state index contributed by atoms with van der Waals surface area (Å²) >= 11 is 0. The molecule has 2 aromatic rings. The molecular weight excluding hydrogens is 216 g/mol. The van der Waals surface area contributed by atoms with Crippen molar-refractivity contribution in [1.82, 2.24) is 15.1 Å². The van der Waals surface area contributed by atoms with Crippen LogP contribution in [0.3, 0.4) is 0 Å². The van der Waals surface area contributed by atoms with Gasteiger partial charge in [0.25, 0.3) is 0 Å². The van der Waals surface area contributed by atoms with Crippen LogP contribution in [-0.2, 0) is 13.0 Å². The predicted molar refractivity (Wildman–Crippen MR) is 65.1 cm³/mol. The lowest BCUT2D eigenvalue weighted by atomic mass is 10.1. The maximum atomic E-state index is 9.28. The van der Waals surface area contributed by atoms with Crippen LogP contribution in [0.1, 0.15) is 11.3 Å². The van der Waals surface area contributed by atoms with Crippen LogP contribution in [0.2, 0.25) is 0 Å². The summed E-state index contributed by atoms with van der Waals surface area (Å²) in [4.78, 5) is 0. The Morgan fingerprint density at radius 2 is 2.06 bits per heavy atom. The molecule has 5 heteroatoms. The smallest absolute Gasteiger partial charge is 0.150 e. The largest absolute Gasteiger partial charge is 0.508 e. The van der Waals surface area contributed by atoms with Crippen molar-refractivity contribution in [2.45, 2.75) is 13.0 Å². The van der Waals surface area contributed by atoms with E-state index in [1.807, 2.05) is 16.8 Å². The number of benzene rings is 1.